The number of carbonyl (C=O) groups is 1. The maximum atomic E-state index is 12.4. The second kappa shape index (κ2) is 4.75. The average molecular weight is 273 g/mol. The van der Waals surface area contributed by atoms with E-state index in [2.05, 4.69) is 5.32 Å². The molecule has 0 radical (unpaired) electrons. The molecule has 0 saturated heterocycles. The second-order valence-corrected chi connectivity index (χ2v) is 4.63. The van der Waals surface area contributed by atoms with Crippen LogP contribution in [0.3, 0.4) is 0 Å². The maximum absolute atomic E-state index is 12.4. The minimum absolute atomic E-state index is 0.376. The zero-order valence-electron chi connectivity index (χ0n) is 10.4. The third kappa shape index (κ3) is 2.67. The Hall–Kier alpha value is -1.72. The van der Waals surface area contributed by atoms with Gasteiger partial charge in [-0.05, 0) is 43.5 Å². The van der Waals surface area contributed by atoms with E-state index in [0.717, 1.165) is 18.6 Å². The molecule has 0 aromatic heterocycles. The molecule has 1 aliphatic rings. The summed E-state index contributed by atoms with van der Waals surface area (Å²) in [5.41, 5.74) is -1.01. The van der Waals surface area contributed by atoms with E-state index < -0.39 is 17.3 Å². The van der Waals surface area contributed by atoms with Crippen molar-refractivity contribution in [3.8, 4) is 0 Å². The van der Waals surface area contributed by atoms with Gasteiger partial charge in [0.05, 0.1) is 12.7 Å². The highest BCUT2D eigenvalue weighted by molar-refractivity contribution is 5.85. The van der Waals surface area contributed by atoms with Crippen molar-refractivity contribution in [1.82, 2.24) is 0 Å². The molecular formula is C13H14F3NO2. The third-order valence-corrected chi connectivity index (χ3v) is 3.38. The highest BCUT2D eigenvalue weighted by Crippen LogP contribution is 2.37. The molecule has 6 heteroatoms. The number of halogens is 3. The van der Waals surface area contributed by atoms with Gasteiger partial charge >= 0.3 is 12.1 Å². The Labute approximate surface area is 108 Å². The van der Waals surface area contributed by atoms with Crippen LogP contribution >= 0.6 is 0 Å². The summed E-state index contributed by atoms with van der Waals surface area (Å²) in [6.07, 6.45) is -2.21. The van der Waals surface area contributed by atoms with Gasteiger partial charge in [0.1, 0.15) is 5.54 Å². The number of alkyl halides is 3. The van der Waals surface area contributed by atoms with E-state index in [4.69, 9.17) is 4.74 Å². The van der Waals surface area contributed by atoms with Crippen LogP contribution in [0, 0.1) is 0 Å². The molecule has 104 valence electrons. The van der Waals surface area contributed by atoms with Gasteiger partial charge < -0.3 is 10.1 Å². The van der Waals surface area contributed by atoms with Crippen LogP contribution in [-0.2, 0) is 15.7 Å². The molecule has 0 atom stereocenters. The van der Waals surface area contributed by atoms with Crippen LogP contribution in [0.25, 0.3) is 0 Å². The van der Waals surface area contributed by atoms with Crippen molar-refractivity contribution in [3.63, 3.8) is 0 Å². The van der Waals surface area contributed by atoms with Crippen LogP contribution in [0.2, 0.25) is 0 Å². The lowest BCUT2D eigenvalue weighted by Crippen LogP contribution is -2.52. The molecule has 1 N–H and O–H groups in total. The third-order valence-electron chi connectivity index (χ3n) is 3.38. The van der Waals surface area contributed by atoms with Gasteiger partial charge in [0.2, 0.25) is 0 Å². The SMILES string of the molecule is COC(=O)C1(Nc2ccc(C(F)(F)F)cc2)CCC1. The summed E-state index contributed by atoms with van der Waals surface area (Å²) in [5.74, 6) is -0.376. The number of benzene rings is 1. The highest BCUT2D eigenvalue weighted by atomic mass is 19.4. The molecule has 3 nitrogen and oxygen atoms in total. The molecule has 1 aromatic carbocycles. The van der Waals surface area contributed by atoms with E-state index in [1.54, 1.807) is 0 Å². The van der Waals surface area contributed by atoms with Crippen LogP contribution in [0.15, 0.2) is 24.3 Å². The molecule has 0 unspecified atom stereocenters. The van der Waals surface area contributed by atoms with Gasteiger partial charge in [0.25, 0.3) is 0 Å². The second-order valence-electron chi connectivity index (χ2n) is 4.63. The van der Waals surface area contributed by atoms with Crippen molar-refractivity contribution in [2.24, 2.45) is 0 Å². The number of methoxy groups -OCH3 is 1. The first-order valence-corrected chi connectivity index (χ1v) is 5.91. The van der Waals surface area contributed by atoms with E-state index in [0.29, 0.717) is 18.5 Å². The Morgan fingerprint density at radius 1 is 1.26 bits per heavy atom. The summed E-state index contributed by atoms with van der Waals surface area (Å²) < 4.78 is 42.0. The Bertz CT molecular complexity index is 464. The van der Waals surface area contributed by atoms with Gasteiger partial charge in [-0.25, -0.2) is 4.79 Å². The normalized spacial score (nSPS) is 17.5. The minimum atomic E-state index is -4.35. The number of rotatable bonds is 3. The average Bonchev–Trinajstić information content (AvgIpc) is 2.32. The van der Waals surface area contributed by atoms with Crippen LogP contribution < -0.4 is 5.32 Å². The summed E-state index contributed by atoms with van der Waals surface area (Å²) >= 11 is 0. The first kappa shape index (κ1) is 13.7. The zero-order valence-corrected chi connectivity index (χ0v) is 10.4. The number of hydrogen-bond donors (Lipinski definition) is 1. The van der Waals surface area contributed by atoms with E-state index in [1.807, 2.05) is 0 Å². The van der Waals surface area contributed by atoms with Crippen molar-refractivity contribution < 1.29 is 22.7 Å². The first-order valence-electron chi connectivity index (χ1n) is 5.91. The maximum Gasteiger partial charge on any atom is 0.416 e. The standard InChI is InChI=1S/C13H14F3NO2/c1-19-11(18)12(7-2-8-12)17-10-5-3-9(4-6-10)13(14,15)16/h3-6,17H,2,7-8H2,1H3. The first-order chi connectivity index (χ1) is 8.87. The highest BCUT2D eigenvalue weighted by Gasteiger charge is 2.45. The molecule has 0 bridgehead atoms. The Morgan fingerprint density at radius 2 is 1.84 bits per heavy atom. The molecule has 0 spiro atoms. The fourth-order valence-corrected chi connectivity index (χ4v) is 2.12. The Balaban J connectivity index is 2.13. The molecule has 0 aliphatic heterocycles. The number of hydrogen-bond acceptors (Lipinski definition) is 3. The van der Waals surface area contributed by atoms with Gasteiger partial charge in [-0.3, -0.25) is 0 Å². The molecule has 1 aromatic rings. The lowest BCUT2D eigenvalue weighted by atomic mass is 9.76. The van der Waals surface area contributed by atoms with Crippen molar-refractivity contribution >= 4 is 11.7 Å². The minimum Gasteiger partial charge on any atom is -0.467 e. The van der Waals surface area contributed by atoms with Gasteiger partial charge in [0.15, 0.2) is 0 Å². The number of ether oxygens (including phenoxy) is 1. The van der Waals surface area contributed by atoms with Gasteiger partial charge in [-0.2, -0.15) is 13.2 Å². The molecule has 1 fully saturated rings. The number of anilines is 1. The van der Waals surface area contributed by atoms with E-state index >= 15 is 0 Å². The molecule has 1 aliphatic carbocycles. The smallest absolute Gasteiger partial charge is 0.416 e. The molecule has 19 heavy (non-hydrogen) atoms. The fraction of sp³-hybridized carbons (Fsp3) is 0.462. The lowest BCUT2D eigenvalue weighted by molar-refractivity contribution is -0.149. The van der Waals surface area contributed by atoms with Crippen molar-refractivity contribution in [2.45, 2.75) is 31.0 Å². The van der Waals surface area contributed by atoms with Crippen molar-refractivity contribution in [3.05, 3.63) is 29.8 Å². The van der Waals surface area contributed by atoms with Gasteiger partial charge in [-0.1, -0.05) is 0 Å². The predicted octanol–water partition coefficient (Wildman–Crippen LogP) is 3.21. The zero-order chi connectivity index (χ0) is 14.1. The van der Waals surface area contributed by atoms with Crippen molar-refractivity contribution in [1.29, 1.82) is 0 Å². The molecule has 1 saturated carbocycles. The van der Waals surface area contributed by atoms with E-state index in [9.17, 15) is 18.0 Å². The monoisotopic (exact) mass is 273 g/mol. The van der Waals surface area contributed by atoms with E-state index in [1.165, 1.54) is 19.2 Å². The number of nitrogens with one attached hydrogen (secondary N) is 1. The number of esters is 1. The summed E-state index contributed by atoms with van der Waals surface area (Å²) in [6.45, 7) is 0. The summed E-state index contributed by atoms with van der Waals surface area (Å²) in [5, 5.41) is 2.98. The number of carbonyl (C=O) groups excluding carboxylic acids is 1. The Kier molecular flexibility index (Phi) is 3.43. The molecule has 0 heterocycles. The largest absolute Gasteiger partial charge is 0.467 e. The van der Waals surface area contributed by atoms with Crippen LogP contribution in [0.1, 0.15) is 24.8 Å². The summed E-state index contributed by atoms with van der Waals surface area (Å²) in [6, 6.07) is 4.63. The van der Waals surface area contributed by atoms with Crippen molar-refractivity contribution in [2.75, 3.05) is 12.4 Å². The van der Waals surface area contributed by atoms with Gasteiger partial charge in [-0.15, -0.1) is 0 Å². The lowest BCUT2D eigenvalue weighted by Gasteiger charge is -2.40. The fourth-order valence-electron chi connectivity index (χ4n) is 2.12. The van der Waals surface area contributed by atoms with Crippen LogP contribution in [0.4, 0.5) is 18.9 Å². The van der Waals surface area contributed by atoms with Gasteiger partial charge in [0, 0.05) is 5.69 Å². The van der Waals surface area contributed by atoms with Crippen LogP contribution in [-0.4, -0.2) is 18.6 Å². The summed E-state index contributed by atoms with van der Waals surface area (Å²) in [4.78, 5) is 11.7. The van der Waals surface area contributed by atoms with E-state index in [-0.39, 0.29) is 5.97 Å². The predicted molar refractivity (Wildman–Crippen MR) is 63.7 cm³/mol. The van der Waals surface area contributed by atoms with Crippen LogP contribution in [0.5, 0.6) is 0 Å². The quantitative estimate of drug-likeness (QED) is 0.859. The topological polar surface area (TPSA) is 38.3 Å². The summed E-state index contributed by atoms with van der Waals surface area (Å²) in [7, 11) is 1.30. The molecule has 2 rings (SSSR count). The Morgan fingerprint density at radius 3 is 2.21 bits per heavy atom. The molecule has 0 amide bonds. The molecular weight excluding hydrogens is 259 g/mol.